The Morgan fingerprint density at radius 1 is 1.04 bits per heavy atom. The van der Waals surface area contributed by atoms with Gasteiger partial charge in [-0.2, -0.15) is 13.2 Å². The summed E-state index contributed by atoms with van der Waals surface area (Å²) in [6, 6.07) is 13.0. The summed E-state index contributed by atoms with van der Waals surface area (Å²) in [7, 11) is -2.62. The molecule has 0 unspecified atom stereocenters. The average molecular weight is 410 g/mol. The lowest BCUT2D eigenvalue weighted by Gasteiger charge is -2.18. The number of sulfonamides is 1. The summed E-state index contributed by atoms with van der Waals surface area (Å²) in [6.45, 7) is 0.169. The van der Waals surface area contributed by atoms with E-state index in [1.807, 2.05) is 30.3 Å². The SMILES string of the molecule is CN(CCc1ccccc1)S(=O)(=O)c1ccc2[nH]c(=O)cc(C(F)(F)F)c2c1. The second-order valence-corrected chi connectivity index (χ2v) is 8.36. The highest BCUT2D eigenvalue weighted by molar-refractivity contribution is 7.89. The molecule has 9 heteroatoms. The summed E-state index contributed by atoms with van der Waals surface area (Å²) in [5.74, 6) is 0. The van der Waals surface area contributed by atoms with Crippen LogP contribution in [0.4, 0.5) is 13.2 Å². The second-order valence-electron chi connectivity index (χ2n) is 6.31. The number of nitrogens with one attached hydrogen (secondary N) is 1. The minimum absolute atomic E-state index is 0.0780. The third kappa shape index (κ3) is 4.10. The third-order valence-electron chi connectivity index (χ3n) is 4.39. The maximum absolute atomic E-state index is 13.3. The first-order valence-electron chi connectivity index (χ1n) is 8.33. The van der Waals surface area contributed by atoms with Gasteiger partial charge in [0.25, 0.3) is 0 Å². The van der Waals surface area contributed by atoms with E-state index in [4.69, 9.17) is 0 Å². The molecule has 0 bridgehead atoms. The number of halogens is 3. The van der Waals surface area contributed by atoms with Gasteiger partial charge in [-0.1, -0.05) is 30.3 Å². The first-order valence-corrected chi connectivity index (χ1v) is 9.77. The highest BCUT2D eigenvalue weighted by Crippen LogP contribution is 2.34. The van der Waals surface area contributed by atoms with Crippen molar-refractivity contribution in [2.75, 3.05) is 13.6 Å². The molecule has 5 nitrogen and oxygen atoms in total. The van der Waals surface area contributed by atoms with Crippen LogP contribution < -0.4 is 5.56 Å². The summed E-state index contributed by atoms with van der Waals surface area (Å²) in [5, 5.41) is -0.371. The Bertz CT molecular complexity index is 1160. The fourth-order valence-corrected chi connectivity index (χ4v) is 4.06. The molecule has 1 aromatic heterocycles. The van der Waals surface area contributed by atoms with Gasteiger partial charge in [0.15, 0.2) is 0 Å². The van der Waals surface area contributed by atoms with Crippen molar-refractivity contribution in [3.63, 3.8) is 0 Å². The van der Waals surface area contributed by atoms with Gasteiger partial charge in [0.05, 0.1) is 10.5 Å². The minimum Gasteiger partial charge on any atom is -0.322 e. The number of alkyl halides is 3. The molecule has 0 amide bonds. The molecule has 0 atom stereocenters. The van der Waals surface area contributed by atoms with Gasteiger partial charge in [-0.15, -0.1) is 0 Å². The Morgan fingerprint density at radius 3 is 2.36 bits per heavy atom. The van der Waals surface area contributed by atoms with E-state index in [-0.39, 0.29) is 22.3 Å². The van der Waals surface area contributed by atoms with E-state index >= 15 is 0 Å². The van der Waals surface area contributed by atoms with Crippen molar-refractivity contribution in [1.82, 2.24) is 9.29 Å². The first kappa shape index (κ1) is 20.1. The van der Waals surface area contributed by atoms with Crippen molar-refractivity contribution in [3.05, 3.63) is 76.1 Å². The number of hydrogen-bond acceptors (Lipinski definition) is 3. The van der Waals surface area contributed by atoms with Crippen LogP contribution in [-0.4, -0.2) is 31.3 Å². The molecule has 3 rings (SSSR count). The molecular weight excluding hydrogens is 393 g/mol. The summed E-state index contributed by atoms with van der Waals surface area (Å²) in [6.07, 6.45) is -4.32. The average Bonchev–Trinajstić information content (AvgIpc) is 2.65. The molecule has 0 fully saturated rings. The quantitative estimate of drug-likeness (QED) is 0.701. The van der Waals surface area contributed by atoms with Crippen LogP contribution in [0.5, 0.6) is 0 Å². The zero-order valence-corrected chi connectivity index (χ0v) is 15.6. The van der Waals surface area contributed by atoms with E-state index in [1.54, 1.807) is 0 Å². The standard InChI is InChI=1S/C19H17F3N2O3S/c1-24(10-9-13-5-3-2-4-6-13)28(26,27)14-7-8-17-15(11-14)16(19(20,21)22)12-18(25)23-17/h2-8,11-12H,9-10H2,1H3,(H,23,25). The Morgan fingerprint density at radius 2 is 1.71 bits per heavy atom. The molecular formula is C19H17F3N2O3S. The molecule has 0 aliphatic rings. The van der Waals surface area contributed by atoms with Crippen LogP contribution in [-0.2, 0) is 22.6 Å². The number of hydrogen-bond donors (Lipinski definition) is 1. The monoisotopic (exact) mass is 410 g/mol. The van der Waals surface area contributed by atoms with Crippen molar-refractivity contribution in [3.8, 4) is 0 Å². The van der Waals surface area contributed by atoms with Gasteiger partial charge in [0.1, 0.15) is 0 Å². The van der Waals surface area contributed by atoms with E-state index in [0.29, 0.717) is 12.5 Å². The first-order chi connectivity index (χ1) is 13.1. The topological polar surface area (TPSA) is 70.2 Å². The molecule has 0 saturated heterocycles. The minimum atomic E-state index is -4.78. The van der Waals surface area contributed by atoms with E-state index in [2.05, 4.69) is 4.98 Å². The molecule has 0 saturated carbocycles. The van der Waals surface area contributed by atoms with Gasteiger partial charge in [0.2, 0.25) is 15.6 Å². The number of likely N-dealkylation sites (N-methyl/N-ethyl adjacent to an activating group) is 1. The van der Waals surface area contributed by atoms with Crippen molar-refractivity contribution in [2.24, 2.45) is 0 Å². The number of pyridine rings is 1. The molecule has 148 valence electrons. The third-order valence-corrected chi connectivity index (χ3v) is 6.24. The predicted octanol–water partition coefficient (Wildman–Crippen LogP) is 3.41. The van der Waals surface area contributed by atoms with Gasteiger partial charge >= 0.3 is 6.18 Å². The lowest BCUT2D eigenvalue weighted by atomic mass is 10.1. The summed E-state index contributed by atoms with van der Waals surface area (Å²) in [5.41, 5.74) is -1.21. The van der Waals surface area contributed by atoms with Crippen LogP contribution in [0.15, 0.2) is 64.3 Å². The van der Waals surface area contributed by atoms with Crippen molar-refractivity contribution >= 4 is 20.9 Å². The lowest BCUT2D eigenvalue weighted by Crippen LogP contribution is -2.29. The van der Waals surface area contributed by atoms with Crippen molar-refractivity contribution in [2.45, 2.75) is 17.5 Å². The van der Waals surface area contributed by atoms with Crippen LogP contribution in [0.1, 0.15) is 11.1 Å². The molecule has 1 heterocycles. The van der Waals surface area contributed by atoms with Gasteiger partial charge in [0, 0.05) is 30.6 Å². The van der Waals surface area contributed by atoms with Crippen molar-refractivity contribution < 1.29 is 21.6 Å². The molecule has 2 aromatic carbocycles. The van der Waals surface area contributed by atoms with E-state index in [9.17, 15) is 26.4 Å². The molecule has 0 aliphatic carbocycles. The van der Waals surface area contributed by atoms with Gasteiger partial charge < -0.3 is 4.98 Å². The number of fused-ring (bicyclic) bond motifs is 1. The summed E-state index contributed by atoms with van der Waals surface area (Å²) < 4.78 is 66.5. The second kappa shape index (κ2) is 7.40. The number of aromatic nitrogens is 1. The van der Waals surface area contributed by atoms with Gasteiger partial charge in [-0.25, -0.2) is 12.7 Å². The predicted molar refractivity (Wildman–Crippen MR) is 99.5 cm³/mol. The molecule has 1 N–H and O–H groups in total. The zero-order chi connectivity index (χ0) is 20.5. The molecule has 0 radical (unpaired) electrons. The van der Waals surface area contributed by atoms with Crippen LogP contribution in [0.25, 0.3) is 10.9 Å². The van der Waals surface area contributed by atoms with Crippen LogP contribution in [0.2, 0.25) is 0 Å². The number of H-pyrrole nitrogens is 1. The maximum atomic E-state index is 13.3. The number of aromatic amines is 1. The van der Waals surface area contributed by atoms with E-state index < -0.39 is 27.3 Å². The number of nitrogens with zero attached hydrogens (tertiary/aromatic N) is 1. The van der Waals surface area contributed by atoms with Crippen molar-refractivity contribution in [1.29, 1.82) is 0 Å². The summed E-state index contributed by atoms with van der Waals surface area (Å²) >= 11 is 0. The van der Waals surface area contributed by atoms with Gasteiger partial charge in [-0.3, -0.25) is 4.79 Å². The highest BCUT2D eigenvalue weighted by atomic mass is 32.2. The lowest BCUT2D eigenvalue weighted by molar-refractivity contribution is -0.136. The number of benzene rings is 2. The molecule has 0 aliphatic heterocycles. The Hall–Kier alpha value is -2.65. The highest BCUT2D eigenvalue weighted by Gasteiger charge is 2.34. The van der Waals surface area contributed by atoms with Crippen LogP contribution >= 0.6 is 0 Å². The zero-order valence-electron chi connectivity index (χ0n) is 14.8. The Labute approximate surface area is 159 Å². The maximum Gasteiger partial charge on any atom is 0.417 e. The van der Waals surface area contributed by atoms with Gasteiger partial charge in [-0.05, 0) is 30.2 Å². The van der Waals surface area contributed by atoms with Crippen LogP contribution in [0.3, 0.4) is 0 Å². The molecule has 0 spiro atoms. The largest absolute Gasteiger partial charge is 0.417 e. The van der Waals surface area contributed by atoms with Crippen LogP contribution in [0, 0.1) is 0 Å². The fraction of sp³-hybridized carbons (Fsp3) is 0.211. The fourth-order valence-electron chi connectivity index (χ4n) is 2.86. The summed E-state index contributed by atoms with van der Waals surface area (Å²) in [4.78, 5) is 13.5. The Kier molecular flexibility index (Phi) is 5.31. The molecule has 28 heavy (non-hydrogen) atoms. The Balaban J connectivity index is 1.97. The van der Waals surface area contributed by atoms with E-state index in [1.165, 1.54) is 19.2 Å². The van der Waals surface area contributed by atoms with E-state index in [0.717, 1.165) is 15.9 Å². The smallest absolute Gasteiger partial charge is 0.322 e. The number of rotatable bonds is 5. The molecule has 3 aromatic rings. The normalized spacial score (nSPS) is 12.6.